The highest BCUT2D eigenvalue weighted by atomic mass is 16.5. The summed E-state index contributed by atoms with van der Waals surface area (Å²) in [6.45, 7) is 4.21. The molecule has 19 heavy (non-hydrogen) atoms. The summed E-state index contributed by atoms with van der Waals surface area (Å²) in [6.07, 6.45) is 0. The van der Waals surface area contributed by atoms with Crippen molar-refractivity contribution in [3.05, 3.63) is 64.7 Å². The molecular weight excluding hydrogens is 236 g/mol. The van der Waals surface area contributed by atoms with E-state index in [1.807, 2.05) is 24.3 Å². The van der Waals surface area contributed by atoms with Crippen LogP contribution in [0.1, 0.15) is 28.3 Å². The first-order chi connectivity index (χ1) is 9.17. The Morgan fingerprint density at radius 3 is 2.05 bits per heavy atom. The first-order valence-corrected chi connectivity index (χ1v) is 6.33. The highest BCUT2D eigenvalue weighted by Crippen LogP contribution is 2.28. The van der Waals surface area contributed by atoms with Crippen molar-refractivity contribution in [2.45, 2.75) is 19.9 Å². The van der Waals surface area contributed by atoms with Gasteiger partial charge >= 0.3 is 0 Å². The summed E-state index contributed by atoms with van der Waals surface area (Å²) in [5.41, 5.74) is 7.74. The second-order valence-corrected chi connectivity index (χ2v) is 4.68. The molecule has 0 spiro atoms. The van der Waals surface area contributed by atoms with Crippen LogP contribution in [0, 0.1) is 13.8 Å². The second kappa shape index (κ2) is 5.87. The molecule has 0 aliphatic carbocycles. The molecule has 3 heteroatoms. The summed E-state index contributed by atoms with van der Waals surface area (Å²) >= 11 is 0. The molecule has 0 amide bonds. The third-order valence-electron chi connectivity index (χ3n) is 3.45. The maximum Gasteiger partial charge on any atom is 0.118 e. The number of aryl methyl sites for hydroxylation is 2. The minimum absolute atomic E-state index is 0.00731. The molecule has 0 aliphatic heterocycles. The summed E-state index contributed by atoms with van der Waals surface area (Å²) in [7, 11) is 1.67. The number of rotatable bonds is 4. The van der Waals surface area contributed by atoms with E-state index in [2.05, 4.69) is 37.5 Å². The van der Waals surface area contributed by atoms with Crippen LogP contribution in [0.15, 0.2) is 42.5 Å². The van der Waals surface area contributed by atoms with Gasteiger partial charge in [0.1, 0.15) is 5.75 Å². The second-order valence-electron chi connectivity index (χ2n) is 4.68. The Hall–Kier alpha value is -1.84. The number of benzene rings is 2. The van der Waals surface area contributed by atoms with Crippen LogP contribution in [0.5, 0.6) is 5.75 Å². The van der Waals surface area contributed by atoms with Gasteiger partial charge in [0.15, 0.2) is 0 Å². The molecule has 2 aromatic carbocycles. The van der Waals surface area contributed by atoms with Crippen LogP contribution in [-0.4, -0.2) is 7.11 Å². The highest BCUT2D eigenvalue weighted by Gasteiger charge is 2.16. The number of hydrogen-bond acceptors (Lipinski definition) is 3. The van der Waals surface area contributed by atoms with Crippen LogP contribution in [0.25, 0.3) is 0 Å². The highest BCUT2D eigenvalue weighted by molar-refractivity contribution is 5.42. The molecule has 0 fully saturated rings. The van der Waals surface area contributed by atoms with E-state index in [9.17, 15) is 0 Å². The lowest BCUT2D eigenvalue weighted by Gasteiger charge is -2.21. The normalized spacial score (nSPS) is 12.2. The van der Waals surface area contributed by atoms with Crippen LogP contribution in [0.3, 0.4) is 0 Å². The van der Waals surface area contributed by atoms with Crippen molar-refractivity contribution in [2.24, 2.45) is 5.84 Å². The molecule has 1 atom stereocenters. The van der Waals surface area contributed by atoms with Crippen molar-refractivity contribution in [3.8, 4) is 5.75 Å². The van der Waals surface area contributed by atoms with Gasteiger partial charge in [-0.3, -0.25) is 5.84 Å². The van der Waals surface area contributed by atoms with E-state index in [0.717, 1.165) is 11.3 Å². The third kappa shape index (κ3) is 2.78. The van der Waals surface area contributed by atoms with Gasteiger partial charge in [-0.05, 0) is 48.2 Å². The topological polar surface area (TPSA) is 47.3 Å². The zero-order valence-electron chi connectivity index (χ0n) is 11.6. The van der Waals surface area contributed by atoms with Gasteiger partial charge in [0.2, 0.25) is 0 Å². The average Bonchev–Trinajstić information content (AvgIpc) is 2.43. The quantitative estimate of drug-likeness (QED) is 0.653. The fraction of sp³-hybridized carbons (Fsp3) is 0.250. The third-order valence-corrected chi connectivity index (χ3v) is 3.45. The van der Waals surface area contributed by atoms with Crippen molar-refractivity contribution in [1.82, 2.24) is 5.43 Å². The van der Waals surface area contributed by atoms with E-state index in [0.29, 0.717) is 0 Å². The fourth-order valence-corrected chi connectivity index (χ4v) is 2.43. The number of ether oxygens (including phenoxy) is 1. The molecule has 0 bridgehead atoms. The number of nitrogens with two attached hydrogens (primary N) is 1. The summed E-state index contributed by atoms with van der Waals surface area (Å²) in [5, 5.41) is 0. The van der Waals surface area contributed by atoms with Crippen LogP contribution in [-0.2, 0) is 0 Å². The zero-order valence-corrected chi connectivity index (χ0v) is 11.6. The van der Waals surface area contributed by atoms with Crippen LogP contribution in [0.4, 0.5) is 0 Å². The van der Waals surface area contributed by atoms with Crippen LogP contribution >= 0.6 is 0 Å². The first kappa shape index (κ1) is 13.6. The zero-order chi connectivity index (χ0) is 13.8. The number of hydrogen-bond donors (Lipinski definition) is 2. The first-order valence-electron chi connectivity index (χ1n) is 6.33. The summed E-state index contributed by atoms with van der Waals surface area (Å²) < 4.78 is 5.18. The maximum absolute atomic E-state index is 5.76. The van der Waals surface area contributed by atoms with Gasteiger partial charge in [0.05, 0.1) is 13.2 Å². The van der Waals surface area contributed by atoms with E-state index in [1.54, 1.807) is 7.11 Å². The lowest BCUT2D eigenvalue weighted by Crippen LogP contribution is -2.30. The SMILES string of the molecule is COc1ccc(C(NN)c2c(C)cccc2C)cc1. The van der Waals surface area contributed by atoms with Gasteiger partial charge in [0, 0.05) is 0 Å². The fourth-order valence-electron chi connectivity index (χ4n) is 2.43. The van der Waals surface area contributed by atoms with Crippen LogP contribution in [0.2, 0.25) is 0 Å². The summed E-state index contributed by atoms with van der Waals surface area (Å²) in [5.74, 6) is 6.61. The standard InChI is InChI=1S/C16H20N2O/c1-11-5-4-6-12(2)15(11)16(18-17)13-7-9-14(19-3)10-8-13/h4-10,16,18H,17H2,1-3H3. The molecule has 0 saturated heterocycles. The molecule has 0 heterocycles. The van der Waals surface area contributed by atoms with Gasteiger partial charge in [0.25, 0.3) is 0 Å². The largest absolute Gasteiger partial charge is 0.497 e. The molecule has 0 aliphatic rings. The van der Waals surface area contributed by atoms with Crippen molar-refractivity contribution in [1.29, 1.82) is 0 Å². The Morgan fingerprint density at radius 2 is 1.58 bits per heavy atom. The lowest BCUT2D eigenvalue weighted by molar-refractivity contribution is 0.414. The van der Waals surface area contributed by atoms with Crippen molar-refractivity contribution in [2.75, 3.05) is 7.11 Å². The Bertz CT molecular complexity index is 529. The molecule has 2 rings (SSSR count). The molecule has 0 aromatic heterocycles. The number of methoxy groups -OCH3 is 1. The van der Waals surface area contributed by atoms with E-state index < -0.39 is 0 Å². The van der Waals surface area contributed by atoms with Gasteiger partial charge in [-0.1, -0.05) is 30.3 Å². The van der Waals surface area contributed by atoms with Gasteiger partial charge < -0.3 is 4.74 Å². The summed E-state index contributed by atoms with van der Waals surface area (Å²) in [4.78, 5) is 0. The summed E-state index contributed by atoms with van der Waals surface area (Å²) in [6, 6.07) is 14.2. The monoisotopic (exact) mass is 256 g/mol. The number of hydrazine groups is 1. The molecule has 2 aromatic rings. The van der Waals surface area contributed by atoms with E-state index >= 15 is 0 Å². The average molecular weight is 256 g/mol. The van der Waals surface area contributed by atoms with E-state index in [-0.39, 0.29) is 6.04 Å². The minimum atomic E-state index is -0.00731. The molecule has 3 N–H and O–H groups in total. The van der Waals surface area contributed by atoms with Gasteiger partial charge in [-0.15, -0.1) is 0 Å². The molecule has 100 valence electrons. The van der Waals surface area contributed by atoms with Crippen LogP contribution < -0.4 is 16.0 Å². The van der Waals surface area contributed by atoms with Crippen molar-refractivity contribution in [3.63, 3.8) is 0 Å². The molecule has 0 saturated carbocycles. The van der Waals surface area contributed by atoms with E-state index in [1.165, 1.54) is 16.7 Å². The predicted molar refractivity (Wildman–Crippen MR) is 78.1 cm³/mol. The lowest BCUT2D eigenvalue weighted by atomic mass is 9.92. The van der Waals surface area contributed by atoms with Crippen molar-refractivity contribution >= 4 is 0 Å². The smallest absolute Gasteiger partial charge is 0.118 e. The van der Waals surface area contributed by atoms with Crippen molar-refractivity contribution < 1.29 is 4.74 Å². The van der Waals surface area contributed by atoms with Gasteiger partial charge in [-0.25, -0.2) is 5.43 Å². The Balaban J connectivity index is 2.44. The Labute approximate surface area is 114 Å². The molecule has 3 nitrogen and oxygen atoms in total. The minimum Gasteiger partial charge on any atom is -0.497 e. The predicted octanol–water partition coefficient (Wildman–Crippen LogP) is 2.86. The van der Waals surface area contributed by atoms with E-state index in [4.69, 9.17) is 10.6 Å². The Kier molecular flexibility index (Phi) is 4.20. The van der Waals surface area contributed by atoms with Gasteiger partial charge in [-0.2, -0.15) is 0 Å². The molecule has 1 unspecified atom stereocenters. The molecular formula is C16H20N2O. The number of nitrogens with one attached hydrogen (secondary N) is 1. The molecule has 0 radical (unpaired) electrons. The Morgan fingerprint density at radius 1 is 1.00 bits per heavy atom. The maximum atomic E-state index is 5.76.